The van der Waals surface area contributed by atoms with Crippen LogP contribution in [0, 0.1) is 0 Å². The average molecular weight is 331 g/mol. The molecule has 0 aromatic heterocycles. The van der Waals surface area contributed by atoms with Crippen LogP contribution in [0.1, 0.15) is 37.4 Å². The second kappa shape index (κ2) is 8.59. The lowest BCUT2D eigenvalue weighted by atomic mass is 10.1. The molecule has 0 fully saturated rings. The van der Waals surface area contributed by atoms with Crippen molar-refractivity contribution in [2.75, 3.05) is 11.9 Å². The largest absolute Gasteiger partial charge is 0.376 e. The van der Waals surface area contributed by atoms with Crippen molar-refractivity contribution in [1.82, 2.24) is 5.32 Å². The molecule has 23 heavy (non-hydrogen) atoms. The smallest absolute Gasteiger partial charge is 0.239 e. The summed E-state index contributed by atoms with van der Waals surface area (Å²) in [4.78, 5) is 12.0. The molecule has 0 heterocycles. The van der Waals surface area contributed by atoms with Crippen LogP contribution in [0.15, 0.2) is 48.5 Å². The first-order valence-electron chi connectivity index (χ1n) is 7.96. The molecule has 0 aliphatic rings. The number of rotatable bonds is 7. The van der Waals surface area contributed by atoms with Gasteiger partial charge in [0.1, 0.15) is 0 Å². The molecular formula is C19H23ClN2O. The van der Waals surface area contributed by atoms with Crippen LogP contribution >= 0.6 is 11.6 Å². The fraction of sp³-hybridized carbons (Fsp3) is 0.316. The van der Waals surface area contributed by atoms with Gasteiger partial charge in [-0.25, -0.2) is 0 Å². The maximum Gasteiger partial charge on any atom is 0.239 e. The Kier molecular flexibility index (Phi) is 6.48. The topological polar surface area (TPSA) is 41.1 Å². The van der Waals surface area contributed by atoms with E-state index in [0.29, 0.717) is 5.02 Å². The van der Waals surface area contributed by atoms with Crippen molar-refractivity contribution < 1.29 is 4.79 Å². The van der Waals surface area contributed by atoms with Gasteiger partial charge in [-0.3, -0.25) is 4.79 Å². The third-order valence-corrected chi connectivity index (χ3v) is 3.95. The van der Waals surface area contributed by atoms with E-state index in [1.165, 1.54) is 5.56 Å². The van der Waals surface area contributed by atoms with Gasteiger partial charge in [0.25, 0.3) is 0 Å². The average Bonchev–Trinajstić information content (AvgIpc) is 2.55. The highest BCUT2D eigenvalue weighted by Gasteiger charge is 2.09. The maximum atomic E-state index is 12.0. The Hall–Kier alpha value is -2.00. The Labute approximate surface area is 143 Å². The molecule has 122 valence electrons. The molecule has 0 saturated heterocycles. The Morgan fingerprint density at radius 1 is 1.09 bits per heavy atom. The van der Waals surface area contributed by atoms with E-state index < -0.39 is 0 Å². The molecule has 1 unspecified atom stereocenters. The summed E-state index contributed by atoms with van der Waals surface area (Å²) in [5.74, 6) is -0.0370. The van der Waals surface area contributed by atoms with Crippen LogP contribution in [0.4, 0.5) is 5.69 Å². The molecule has 2 aromatic rings. The molecule has 1 amide bonds. The second-order valence-electron chi connectivity index (χ2n) is 5.64. The fourth-order valence-electron chi connectivity index (χ4n) is 2.39. The van der Waals surface area contributed by atoms with Crippen molar-refractivity contribution in [3.8, 4) is 0 Å². The van der Waals surface area contributed by atoms with E-state index in [0.717, 1.165) is 24.1 Å². The summed E-state index contributed by atoms with van der Waals surface area (Å²) in [7, 11) is 0. The van der Waals surface area contributed by atoms with Gasteiger partial charge in [0.2, 0.25) is 5.91 Å². The number of amides is 1. The Morgan fingerprint density at radius 2 is 1.74 bits per heavy atom. The first-order valence-corrected chi connectivity index (χ1v) is 8.34. The van der Waals surface area contributed by atoms with Gasteiger partial charge >= 0.3 is 0 Å². The number of hydrogen-bond donors (Lipinski definition) is 2. The minimum atomic E-state index is -0.0477. The van der Waals surface area contributed by atoms with Gasteiger partial charge in [-0.2, -0.15) is 0 Å². The first kappa shape index (κ1) is 17.4. The van der Waals surface area contributed by atoms with E-state index in [-0.39, 0.29) is 18.5 Å². The summed E-state index contributed by atoms with van der Waals surface area (Å²) in [6, 6.07) is 15.7. The Balaban J connectivity index is 1.81. The van der Waals surface area contributed by atoms with Crippen molar-refractivity contribution >= 4 is 23.2 Å². The molecule has 0 aliphatic carbocycles. The zero-order valence-electron chi connectivity index (χ0n) is 13.6. The number of hydrogen-bond acceptors (Lipinski definition) is 2. The van der Waals surface area contributed by atoms with E-state index in [2.05, 4.69) is 29.7 Å². The summed E-state index contributed by atoms with van der Waals surface area (Å²) in [6.07, 6.45) is 2.22. The third-order valence-electron chi connectivity index (χ3n) is 3.69. The summed E-state index contributed by atoms with van der Waals surface area (Å²) in [6.45, 7) is 4.38. The minimum Gasteiger partial charge on any atom is -0.376 e. The van der Waals surface area contributed by atoms with Crippen molar-refractivity contribution in [2.45, 2.75) is 32.7 Å². The van der Waals surface area contributed by atoms with Gasteiger partial charge in [-0.15, -0.1) is 0 Å². The van der Waals surface area contributed by atoms with Crippen LogP contribution in [0.3, 0.4) is 0 Å². The number of aryl methyl sites for hydroxylation is 1. The zero-order chi connectivity index (χ0) is 16.7. The molecular weight excluding hydrogens is 308 g/mol. The lowest BCUT2D eigenvalue weighted by Gasteiger charge is -2.15. The lowest BCUT2D eigenvalue weighted by molar-refractivity contribution is -0.120. The molecule has 0 saturated carbocycles. The van der Waals surface area contributed by atoms with Gasteiger partial charge in [-0.05, 0) is 48.7 Å². The summed E-state index contributed by atoms with van der Waals surface area (Å²) in [5.41, 5.74) is 3.31. The van der Waals surface area contributed by atoms with Gasteiger partial charge in [0.15, 0.2) is 0 Å². The minimum absolute atomic E-state index is 0.0370. The van der Waals surface area contributed by atoms with E-state index in [1.54, 1.807) is 0 Å². The lowest BCUT2D eigenvalue weighted by Crippen LogP contribution is -2.32. The molecule has 0 radical (unpaired) electrons. The molecule has 4 heteroatoms. The third kappa shape index (κ3) is 5.61. The van der Waals surface area contributed by atoms with E-state index in [9.17, 15) is 4.79 Å². The highest BCUT2D eigenvalue weighted by Crippen LogP contribution is 2.16. The summed E-state index contributed by atoms with van der Waals surface area (Å²) >= 11 is 5.87. The number of benzene rings is 2. The molecule has 0 bridgehead atoms. The predicted octanol–water partition coefficient (Wildman–Crippen LogP) is 4.58. The van der Waals surface area contributed by atoms with Gasteiger partial charge in [0.05, 0.1) is 12.6 Å². The van der Waals surface area contributed by atoms with Gasteiger partial charge < -0.3 is 10.6 Å². The van der Waals surface area contributed by atoms with Gasteiger partial charge in [-0.1, -0.05) is 49.2 Å². The maximum absolute atomic E-state index is 12.0. The number of carbonyl (C=O) groups excluding carboxylic acids is 1. The van der Waals surface area contributed by atoms with Crippen LogP contribution in [0.2, 0.25) is 5.02 Å². The second-order valence-corrected chi connectivity index (χ2v) is 6.08. The van der Waals surface area contributed by atoms with Crippen LogP contribution in [-0.4, -0.2) is 12.5 Å². The fourth-order valence-corrected chi connectivity index (χ4v) is 2.51. The standard InChI is InChI=1S/C19H23ClN2O/c1-3-4-15-5-11-18(12-6-15)21-13-19(23)22-14(2)16-7-9-17(20)10-8-16/h5-12,14,21H,3-4,13H2,1-2H3,(H,22,23). The number of halogens is 1. The van der Waals surface area contributed by atoms with Crippen LogP contribution in [0.5, 0.6) is 0 Å². The molecule has 2 aromatic carbocycles. The summed E-state index contributed by atoms with van der Waals surface area (Å²) in [5, 5.41) is 6.81. The Bertz CT molecular complexity index is 623. The molecule has 2 N–H and O–H groups in total. The van der Waals surface area contributed by atoms with Crippen molar-refractivity contribution in [2.24, 2.45) is 0 Å². The SMILES string of the molecule is CCCc1ccc(NCC(=O)NC(C)c2ccc(Cl)cc2)cc1. The molecule has 2 rings (SSSR count). The highest BCUT2D eigenvalue weighted by atomic mass is 35.5. The zero-order valence-corrected chi connectivity index (χ0v) is 14.4. The van der Waals surface area contributed by atoms with Crippen LogP contribution < -0.4 is 10.6 Å². The van der Waals surface area contributed by atoms with Crippen molar-refractivity contribution in [3.05, 3.63) is 64.7 Å². The van der Waals surface area contributed by atoms with Crippen LogP contribution in [0.25, 0.3) is 0 Å². The monoisotopic (exact) mass is 330 g/mol. The van der Waals surface area contributed by atoms with E-state index >= 15 is 0 Å². The quantitative estimate of drug-likeness (QED) is 0.780. The van der Waals surface area contributed by atoms with E-state index in [1.807, 2.05) is 43.3 Å². The Morgan fingerprint density at radius 3 is 2.35 bits per heavy atom. The molecule has 0 spiro atoms. The van der Waals surface area contributed by atoms with Crippen molar-refractivity contribution in [1.29, 1.82) is 0 Å². The number of nitrogens with one attached hydrogen (secondary N) is 2. The van der Waals surface area contributed by atoms with Crippen molar-refractivity contribution in [3.63, 3.8) is 0 Å². The number of carbonyl (C=O) groups is 1. The van der Waals surface area contributed by atoms with E-state index in [4.69, 9.17) is 11.6 Å². The first-order chi connectivity index (χ1) is 11.1. The van der Waals surface area contributed by atoms with Gasteiger partial charge in [0, 0.05) is 10.7 Å². The molecule has 0 aliphatic heterocycles. The highest BCUT2D eigenvalue weighted by molar-refractivity contribution is 6.30. The molecule has 3 nitrogen and oxygen atoms in total. The molecule has 1 atom stereocenters. The predicted molar refractivity (Wildman–Crippen MR) is 96.9 cm³/mol. The number of anilines is 1. The normalized spacial score (nSPS) is 11.8. The van der Waals surface area contributed by atoms with Crippen LogP contribution in [-0.2, 0) is 11.2 Å². The summed E-state index contributed by atoms with van der Waals surface area (Å²) < 4.78 is 0.